The van der Waals surface area contributed by atoms with E-state index < -0.39 is 0 Å². The Hall–Kier alpha value is -4.53. The molecule has 0 aliphatic carbocycles. The van der Waals surface area contributed by atoms with Crippen LogP contribution in [0.15, 0.2) is 109 Å². The van der Waals surface area contributed by atoms with Gasteiger partial charge in [0.25, 0.3) is 5.91 Å². The number of nitrogens with zero attached hydrogens (tertiary/aromatic N) is 4. The van der Waals surface area contributed by atoms with Crippen LogP contribution in [0.3, 0.4) is 0 Å². The predicted octanol–water partition coefficient (Wildman–Crippen LogP) is 7.33. The van der Waals surface area contributed by atoms with Crippen molar-refractivity contribution in [1.82, 2.24) is 14.8 Å². The number of rotatable bonds is 11. The first-order valence-electron chi connectivity index (χ1n) is 15.3. The summed E-state index contributed by atoms with van der Waals surface area (Å²) in [5.41, 5.74) is 6.25. The van der Waals surface area contributed by atoms with Gasteiger partial charge in [0.15, 0.2) is 0 Å². The maximum Gasteiger partial charge on any atom is 0.273 e. The molecule has 0 radical (unpaired) electrons. The summed E-state index contributed by atoms with van der Waals surface area (Å²) in [6.07, 6.45) is 0. The second-order valence-electron chi connectivity index (χ2n) is 11.4. The van der Waals surface area contributed by atoms with Crippen molar-refractivity contribution in [2.24, 2.45) is 0 Å². The molecule has 1 aliphatic rings. The molecule has 0 spiro atoms. The quantitative estimate of drug-likeness (QED) is 0.155. The molecular weight excluding hydrogens is 583 g/mol. The summed E-state index contributed by atoms with van der Waals surface area (Å²) in [6, 6.07) is 33.2. The Morgan fingerprint density at radius 1 is 0.800 bits per heavy atom. The minimum absolute atomic E-state index is 0.0156. The zero-order valence-electron chi connectivity index (χ0n) is 25.4. The third-order valence-corrected chi connectivity index (χ3v) is 8.88. The van der Waals surface area contributed by atoms with Crippen LogP contribution in [0.25, 0.3) is 0 Å². The number of ether oxygens (including phenoxy) is 1. The number of para-hydroxylation sites is 1. The van der Waals surface area contributed by atoms with Crippen LogP contribution >= 0.6 is 11.3 Å². The molecule has 6 nitrogen and oxygen atoms in total. The number of aromatic nitrogens is 1. The van der Waals surface area contributed by atoms with Crippen molar-refractivity contribution in [2.45, 2.75) is 33.2 Å². The van der Waals surface area contributed by atoms with Crippen LogP contribution in [0.5, 0.6) is 5.75 Å². The van der Waals surface area contributed by atoms with Gasteiger partial charge in [0.05, 0.1) is 6.54 Å². The summed E-state index contributed by atoms with van der Waals surface area (Å²) in [6.45, 7) is 7.44. The number of benzene rings is 4. The molecule has 8 heteroatoms. The lowest BCUT2D eigenvalue weighted by Gasteiger charge is -2.36. The lowest BCUT2D eigenvalue weighted by molar-refractivity contribution is 0.0741. The predicted molar refractivity (Wildman–Crippen MR) is 178 cm³/mol. The van der Waals surface area contributed by atoms with E-state index >= 15 is 0 Å². The molecule has 0 N–H and O–H groups in total. The summed E-state index contributed by atoms with van der Waals surface area (Å²) in [5.74, 6) is 0.549. The van der Waals surface area contributed by atoms with Crippen LogP contribution < -0.4 is 9.64 Å². The van der Waals surface area contributed by atoms with Crippen molar-refractivity contribution in [3.05, 3.63) is 147 Å². The highest BCUT2D eigenvalue weighted by molar-refractivity contribution is 7.09. The van der Waals surface area contributed by atoms with Crippen molar-refractivity contribution in [2.75, 3.05) is 31.1 Å². The fourth-order valence-electron chi connectivity index (χ4n) is 5.61. The Morgan fingerprint density at radius 3 is 2.13 bits per heavy atom. The van der Waals surface area contributed by atoms with E-state index in [1.807, 2.05) is 64.9 Å². The number of halogens is 1. The lowest BCUT2D eigenvalue weighted by Crippen LogP contribution is -2.49. The van der Waals surface area contributed by atoms with E-state index in [1.165, 1.54) is 34.7 Å². The number of thiazole rings is 1. The van der Waals surface area contributed by atoms with E-state index in [1.54, 1.807) is 0 Å². The highest BCUT2D eigenvalue weighted by Crippen LogP contribution is 2.23. The molecule has 1 saturated heterocycles. The van der Waals surface area contributed by atoms with Crippen LogP contribution in [0.1, 0.15) is 37.7 Å². The number of hydrogen-bond donors (Lipinski definition) is 0. The molecule has 1 aromatic heterocycles. The zero-order valence-corrected chi connectivity index (χ0v) is 26.3. The first kappa shape index (κ1) is 30.5. The summed E-state index contributed by atoms with van der Waals surface area (Å²) in [5, 5.41) is 2.75. The Kier molecular flexibility index (Phi) is 9.83. The largest absolute Gasteiger partial charge is 0.489 e. The molecule has 6 rings (SSSR count). The van der Waals surface area contributed by atoms with E-state index in [9.17, 15) is 9.18 Å². The van der Waals surface area contributed by atoms with Gasteiger partial charge in [-0.25, -0.2) is 9.37 Å². The van der Waals surface area contributed by atoms with Gasteiger partial charge < -0.3 is 14.5 Å². The van der Waals surface area contributed by atoms with E-state index in [0.29, 0.717) is 45.0 Å². The zero-order chi connectivity index (χ0) is 31.0. The monoisotopic (exact) mass is 620 g/mol. The maximum absolute atomic E-state index is 13.6. The fourth-order valence-corrected chi connectivity index (χ4v) is 6.42. The molecule has 0 bridgehead atoms. The minimum atomic E-state index is -0.251. The van der Waals surface area contributed by atoms with Crippen molar-refractivity contribution in [1.29, 1.82) is 0 Å². The molecule has 1 aliphatic heterocycles. The van der Waals surface area contributed by atoms with E-state index in [2.05, 4.69) is 53.1 Å². The molecular formula is C37H37FN4O2S. The van der Waals surface area contributed by atoms with Gasteiger partial charge in [-0.2, -0.15) is 0 Å². The molecule has 0 atom stereocenters. The van der Waals surface area contributed by atoms with Crippen LogP contribution in [0.2, 0.25) is 0 Å². The van der Waals surface area contributed by atoms with Crippen LogP contribution in [0, 0.1) is 12.7 Å². The Bertz CT molecular complexity index is 1680. The molecule has 45 heavy (non-hydrogen) atoms. The maximum atomic E-state index is 13.6. The highest BCUT2D eigenvalue weighted by atomic mass is 32.1. The molecule has 5 aromatic rings. The number of carbonyl (C=O) groups is 1. The smallest absolute Gasteiger partial charge is 0.273 e. The minimum Gasteiger partial charge on any atom is -0.489 e. The average Bonchev–Trinajstić information content (AvgIpc) is 3.54. The van der Waals surface area contributed by atoms with Gasteiger partial charge >= 0.3 is 0 Å². The van der Waals surface area contributed by atoms with Crippen molar-refractivity contribution >= 4 is 22.9 Å². The second kappa shape index (κ2) is 14.5. The topological polar surface area (TPSA) is 48.9 Å². The van der Waals surface area contributed by atoms with E-state index in [0.717, 1.165) is 40.5 Å². The number of aryl methyl sites for hydroxylation is 1. The van der Waals surface area contributed by atoms with E-state index in [-0.39, 0.29) is 11.7 Å². The third kappa shape index (κ3) is 8.15. The van der Waals surface area contributed by atoms with Gasteiger partial charge in [-0.15, -0.1) is 11.3 Å². The average molecular weight is 621 g/mol. The SMILES string of the molecule is Cc1ccccc1N1CCN(C(=O)c2csc(CN(Cc3ccc(F)cc3)Cc3ccc(OCc4ccccc4)cc3)n2)CC1. The van der Waals surface area contributed by atoms with Gasteiger partial charge in [0, 0.05) is 50.3 Å². The standard InChI is InChI=1S/C37H37FN4O2S/c1-28-7-5-6-10-35(28)41-19-21-42(22-20-41)37(43)34-27-45-36(39-34)25-40(23-29-11-15-32(38)16-12-29)24-30-13-17-33(18-14-30)44-26-31-8-3-2-4-9-31/h2-18,27H,19-26H2,1H3. The molecule has 1 amide bonds. The summed E-state index contributed by atoms with van der Waals surface area (Å²) >= 11 is 1.51. The first-order valence-corrected chi connectivity index (χ1v) is 16.1. The normalized spacial score (nSPS) is 13.3. The van der Waals surface area contributed by atoms with Crippen molar-refractivity contribution < 1.29 is 13.9 Å². The highest BCUT2D eigenvalue weighted by Gasteiger charge is 2.25. The van der Waals surface area contributed by atoms with Gasteiger partial charge in [-0.05, 0) is 59.5 Å². The van der Waals surface area contributed by atoms with Gasteiger partial charge in [0.2, 0.25) is 0 Å². The molecule has 230 valence electrons. The van der Waals surface area contributed by atoms with Crippen LogP contribution in [-0.4, -0.2) is 46.9 Å². The lowest BCUT2D eigenvalue weighted by atomic mass is 10.1. The summed E-state index contributed by atoms with van der Waals surface area (Å²) in [4.78, 5) is 24.7. The summed E-state index contributed by atoms with van der Waals surface area (Å²) < 4.78 is 19.6. The fraction of sp³-hybridized carbons (Fsp3) is 0.243. The third-order valence-electron chi connectivity index (χ3n) is 8.05. The van der Waals surface area contributed by atoms with Gasteiger partial charge in [-0.1, -0.05) is 72.8 Å². The van der Waals surface area contributed by atoms with Crippen molar-refractivity contribution in [3.63, 3.8) is 0 Å². The molecule has 4 aromatic carbocycles. The van der Waals surface area contributed by atoms with Crippen LogP contribution in [-0.2, 0) is 26.2 Å². The van der Waals surface area contributed by atoms with E-state index in [4.69, 9.17) is 9.72 Å². The van der Waals surface area contributed by atoms with Crippen LogP contribution in [0.4, 0.5) is 10.1 Å². The number of piperazine rings is 1. The first-order chi connectivity index (χ1) is 22.0. The Balaban J connectivity index is 1.09. The Morgan fingerprint density at radius 2 is 1.44 bits per heavy atom. The molecule has 0 saturated carbocycles. The molecule has 2 heterocycles. The molecule has 0 unspecified atom stereocenters. The summed E-state index contributed by atoms with van der Waals surface area (Å²) in [7, 11) is 0. The van der Waals surface area contributed by atoms with Gasteiger partial charge in [0.1, 0.15) is 28.9 Å². The Labute approximate surface area is 268 Å². The van der Waals surface area contributed by atoms with Crippen molar-refractivity contribution in [3.8, 4) is 5.75 Å². The van der Waals surface area contributed by atoms with Gasteiger partial charge in [-0.3, -0.25) is 9.69 Å². The number of anilines is 1. The molecule has 1 fully saturated rings. The number of amides is 1. The number of carbonyl (C=O) groups excluding carboxylic acids is 1. The number of hydrogen-bond acceptors (Lipinski definition) is 6. The second-order valence-corrected chi connectivity index (χ2v) is 12.3.